The number of hydrogen-bond donors (Lipinski definition) is 0. The molecule has 31 heavy (non-hydrogen) atoms. The molecular weight excluding hydrogens is 410 g/mol. The Morgan fingerprint density at radius 3 is 2.13 bits per heavy atom. The highest BCUT2D eigenvalue weighted by molar-refractivity contribution is 8.18. The van der Waals surface area contributed by atoms with Crippen LogP contribution in [0.5, 0.6) is 11.5 Å². The molecule has 1 heterocycles. The van der Waals surface area contributed by atoms with E-state index in [1.54, 1.807) is 6.08 Å². The number of carbonyl (C=O) groups excluding carboxylic acids is 2. The highest BCUT2D eigenvalue weighted by atomic mass is 32.2. The SMILES string of the molecule is O=C1S/C(=C\c2ccc(OCc3ccccc3)cc2)C(=O)N1CCOc1ccccc1. The molecule has 5 nitrogen and oxygen atoms in total. The molecule has 3 aromatic rings. The Morgan fingerprint density at radius 2 is 1.42 bits per heavy atom. The van der Waals surface area contributed by atoms with Crippen LogP contribution in [0.25, 0.3) is 6.08 Å². The van der Waals surface area contributed by atoms with Gasteiger partial charge in [0.25, 0.3) is 11.1 Å². The number of hydrogen-bond acceptors (Lipinski definition) is 5. The maximum absolute atomic E-state index is 12.6. The van der Waals surface area contributed by atoms with Gasteiger partial charge in [-0.2, -0.15) is 0 Å². The summed E-state index contributed by atoms with van der Waals surface area (Å²) in [5.74, 6) is 1.16. The third-order valence-electron chi connectivity index (χ3n) is 4.63. The molecule has 1 fully saturated rings. The molecule has 0 spiro atoms. The van der Waals surface area contributed by atoms with Crippen LogP contribution in [0.2, 0.25) is 0 Å². The van der Waals surface area contributed by atoms with Crippen LogP contribution in [0.4, 0.5) is 4.79 Å². The maximum atomic E-state index is 12.6. The van der Waals surface area contributed by atoms with E-state index in [1.807, 2.05) is 84.9 Å². The van der Waals surface area contributed by atoms with E-state index in [9.17, 15) is 9.59 Å². The lowest BCUT2D eigenvalue weighted by molar-refractivity contribution is -0.123. The van der Waals surface area contributed by atoms with E-state index in [0.717, 1.165) is 28.6 Å². The Balaban J connectivity index is 1.32. The van der Waals surface area contributed by atoms with Gasteiger partial charge < -0.3 is 9.47 Å². The minimum absolute atomic E-state index is 0.211. The highest BCUT2D eigenvalue weighted by Crippen LogP contribution is 2.32. The van der Waals surface area contributed by atoms with Crippen LogP contribution in [-0.2, 0) is 11.4 Å². The van der Waals surface area contributed by atoms with Gasteiger partial charge in [0.05, 0.1) is 11.4 Å². The molecule has 0 aromatic heterocycles. The van der Waals surface area contributed by atoms with Crippen LogP contribution in [-0.4, -0.2) is 29.2 Å². The molecule has 1 saturated heterocycles. The number of benzene rings is 3. The highest BCUT2D eigenvalue weighted by Gasteiger charge is 2.34. The fourth-order valence-electron chi connectivity index (χ4n) is 3.02. The third kappa shape index (κ3) is 5.55. The topological polar surface area (TPSA) is 55.8 Å². The summed E-state index contributed by atoms with van der Waals surface area (Å²) < 4.78 is 11.4. The van der Waals surface area contributed by atoms with Gasteiger partial charge in [-0.05, 0) is 53.2 Å². The summed E-state index contributed by atoms with van der Waals surface area (Å²) in [6.07, 6.45) is 1.73. The fourth-order valence-corrected chi connectivity index (χ4v) is 3.88. The first kappa shape index (κ1) is 20.8. The third-order valence-corrected chi connectivity index (χ3v) is 5.53. The van der Waals surface area contributed by atoms with E-state index in [-0.39, 0.29) is 24.3 Å². The normalized spacial score (nSPS) is 14.8. The van der Waals surface area contributed by atoms with E-state index < -0.39 is 0 Å². The van der Waals surface area contributed by atoms with Crippen molar-refractivity contribution in [1.29, 1.82) is 0 Å². The molecule has 1 aliphatic heterocycles. The van der Waals surface area contributed by atoms with E-state index in [1.165, 1.54) is 4.90 Å². The lowest BCUT2D eigenvalue weighted by Crippen LogP contribution is -2.32. The number of thioether (sulfide) groups is 1. The molecule has 0 unspecified atom stereocenters. The van der Waals surface area contributed by atoms with Gasteiger partial charge in [-0.15, -0.1) is 0 Å². The number of imide groups is 1. The Labute approximate surface area is 185 Å². The van der Waals surface area contributed by atoms with Crippen molar-refractivity contribution >= 4 is 29.0 Å². The molecule has 156 valence electrons. The lowest BCUT2D eigenvalue weighted by Gasteiger charge is -2.13. The molecule has 0 bridgehead atoms. The van der Waals surface area contributed by atoms with Crippen molar-refractivity contribution < 1.29 is 19.1 Å². The second kappa shape index (κ2) is 10.00. The van der Waals surface area contributed by atoms with Gasteiger partial charge in [0.1, 0.15) is 24.7 Å². The Kier molecular flexibility index (Phi) is 6.69. The van der Waals surface area contributed by atoms with E-state index in [2.05, 4.69) is 0 Å². The first-order valence-electron chi connectivity index (χ1n) is 9.89. The van der Waals surface area contributed by atoms with Crippen LogP contribution < -0.4 is 9.47 Å². The van der Waals surface area contributed by atoms with Crippen LogP contribution in [0, 0.1) is 0 Å². The van der Waals surface area contributed by atoms with Crippen molar-refractivity contribution in [1.82, 2.24) is 4.90 Å². The molecule has 0 N–H and O–H groups in total. The number of rotatable bonds is 8. The summed E-state index contributed by atoms with van der Waals surface area (Å²) in [4.78, 5) is 26.5. The molecule has 1 aliphatic rings. The molecule has 6 heteroatoms. The molecular formula is C25H21NO4S. The second-order valence-corrected chi connectivity index (χ2v) is 7.83. The van der Waals surface area contributed by atoms with Gasteiger partial charge in [-0.1, -0.05) is 60.7 Å². The first-order chi connectivity index (χ1) is 15.2. The van der Waals surface area contributed by atoms with Crippen molar-refractivity contribution in [2.75, 3.05) is 13.2 Å². The fraction of sp³-hybridized carbons (Fsp3) is 0.120. The zero-order valence-corrected chi connectivity index (χ0v) is 17.6. The van der Waals surface area contributed by atoms with Crippen molar-refractivity contribution in [3.63, 3.8) is 0 Å². The first-order valence-corrected chi connectivity index (χ1v) is 10.7. The van der Waals surface area contributed by atoms with Crippen molar-refractivity contribution in [3.8, 4) is 11.5 Å². The summed E-state index contributed by atoms with van der Waals surface area (Å²) >= 11 is 0.946. The minimum Gasteiger partial charge on any atom is -0.492 e. The molecule has 3 aromatic carbocycles. The van der Waals surface area contributed by atoms with Crippen LogP contribution in [0.3, 0.4) is 0 Å². The van der Waals surface area contributed by atoms with Crippen LogP contribution >= 0.6 is 11.8 Å². The standard InChI is InChI=1S/C25H21NO4S/c27-24-23(31-25(28)26(24)15-16-29-21-9-5-2-6-10-21)17-19-11-13-22(14-12-19)30-18-20-7-3-1-4-8-20/h1-14,17H,15-16,18H2/b23-17-. The quantitative estimate of drug-likeness (QED) is 0.448. The Bertz CT molecular complexity index is 1070. The molecule has 4 rings (SSSR count). The Morgan fingerprint density at radius 1 is 0.774 bits per heavy atom. The average Bonchev–Trinajstić information content (AvgIpc) is 3.07. The van der Waals surface area contributed by atoms with Gasteiger partial charge in [0.2, 0.25) is 0 Å². The van der Waals surface area contributed by atoms with E-state index in [4.69, 9.17) is 9.47 Å². The summed E-state index contributed by atoms with van der Waals surface area (Å²) in [6.45, 7) is 0.954. The van der Waals surface area contributed by atoms with Crippen molar-refractivity contribution in [2.24, 2.45) is 0 Å². The zero-order valence-electron chi connectivity index (χ0n) is 16.8. The van der Waals surface area contributed by atoms with E-state index >= 15 is 0 Å². The smallest absolute Gasteiger partial charge is 0.293 e. The van der Waals surface area contributed by atoms with Crippen molar-refractivity contribution in [3.05, 3.63) is 101 Å². The number of para-hydroxylation sites is 1. The number of amides is 2. The Hall–Kier alpha value is -3.51. The minimum atomic E-state index is -0.295. The number of ether oxygens (including phenoxy) is 2. The number of carbonyl (C=O) groups is 2. The monoisotopic (exact) mass is 431 g/mol. The summed E-state index contributed by atoms with van der Waals surface area (Å²) in [5, 5.41) is -0.282. The van der Waals surface area contributed by atoms with Gasteiger partial charge >= 0.3 is 0 Å². The van der Waals surface area contributed by atoms with E-state index in [0.29, 0.717) is 17.3 Å². The predicted octanol–water partition coefficient (Wildman–Crippen LogP) is 5.38. The van der Waals surface area contributed by atoms with Crippen LogP contribution in [0.1, 0.15) is 11.1 Å². The number of nitrogens with zero attached hydrogens (tertiary/aromatic N) is 1. The van der Waals surface area contributed by atoms with Gasteiger partial charge in [-0.25, -0.2) is 0 Å². The summed E-state index contributed by atoms with van der Waals surface area (Å²) in [5.41, 5.74) is 1.93. The largest absolute Gasteiger partial charge is 0.492 e. The molecule has 0 radical (unpaired) electrons. The maximum Gasteiger partial charge on any atom is 0.293 e. The van der Waals surface area contributed by atoms with Gasteiger partial charge in [0.15, 0.2) is 0 Å². The van der Waals surface area contributed by atoms with Gasteiger partial charge in [0, 0.05) is 0 Å². The molecule has 0 saturated carbocycles. The average molecular weight is 432 g/mol. The lowest BCUT2D eigenvalue weighted by atomic mass is 10.2. The van der Waals surface area contributed by atoms with Gasteiger partial charge in [-0.3, -0.25) is 14.5 Å². The summed E-state index contributed by atoms with van der Waals surface area (Å²) in [6, 6.07) is 26.7. The van der Waals surface area contributed by atoms with Crippen molar-refractivity contribution in [2.45, 2.75) is 6.61 Å². The predicted molar refractivity (Wildman–Crippen MR) is 122 cm³/mol. The molecule has 0 atom stereocenters. The summed E-state index contributed by atoms with van der Waals surface area (Å²) in [7, 11) is 0. The molecule has 0 aliphatic carbocycles. The van der Waals surface area contributed by atoms with Crippen LogP contribution in [0.15, 0.2) is 89.8 Å². The molecule has 2 amide bonds. The zero-order chi connectivity index (χ0) is 21.5. The second-order valence-electron chi connectivity index (χ2n) is 6.84.